The minimum absolute atomic E-state index is 0.441. The number of aromatic nitrogens is 2. The lowest BCUT2D eigenvalue weighted by Gasteiger charge is -2.31. The van der Waals surface area contributed by atoms with Crippen LogP contribution in [0.4, 0.5) is 17.5 Å². The molecule has 4 heteroatoms. The van der Waals surface area contributed by atoms with E-state index in [1.165, 1.54) is 24.1 Å². The van der Waals surface area contributed by atoms with E-state index >= 15 is 0 Å². The highest BCUT2D eigenvalue weighted by molar-refractivity contribution is 5.69. The lowest BCUT2D eigenvalue weighted by Crippen LogP contribution is -2.34. The van der Waals surface area contributed by atoms with Crippen molar-refractivity contribution in [2.24, 2.45) is 5.92 Å². The summed E-state index contributed by atoms with van der Waals surface area (Å²) in [6.07, 6.45) is 5.45. The van der Waals surface area contributed by atoms with Gasteiger partial charge in [-0.1, -0.05) is 25.1 Å². The lowest BCUT2D eigenvalue weighted by molar-refractivity contribution is 0.434. The molecule has 0 radical (unpaired) electrons. The molecule has 23 heavy (non-hydrogen) atoms. The summed E-state index contributed by atoms with van der Waals surface area (Å²) < 4.78 is 0. The van der Waals surface area contributed by atoms with Gasteiger partial charge in [-0.05, 0) is 49.8 Å². The van der Waals surface area contributed by atoms with Crippen molar-refractivity contribution in [1.82, 2.24) is 9.97 Å². The SMILES string of the molecule is CC1CCN(c2nccc(N3c4ccccc4CC3C)n2)CC1. The second-order valence-electron chi connectivity index (χ2n) is 6.94. The van der Waals surface area contributed by atoms with Crippen LogP contribution >= 0.6 is 0 Å². The smallest absolute Gasteiger partial charge is 0.227 e. The van der Waals surface area contributed by atoms with Gasteiger partial charge in [-0.2, -0.15) is 4.98 Å². The Hall–Kier alpha value is -2.10. The molecule has 2 aliphatic heterocycles. The number of nitrogens with zero attached hydrogens (tertiary/aromatic N) is 4. The maximum Gasteiger partial charge on any atom is 0.227 e. The molecule has 0 N–H and O–H groups in total. The van der Waals surface area contributed by atoms with Crippen molar-refractivity contribution in [3.05, 3.63) is 42.1 Å². The minimum Gasteiger partial charge on any atom is -0.341 e. The van der Waals surface area contributed by atoms with E-state index in [9.17, 15) is 0 Å². The van der Waals surface area contributed by atoms with Crippen LogP contribution in [0.5, 0.6) is 0 Å². The molecule has 1 unspecified atom stereocenters. The van der Waals surface area contributed by atoms with Crippen LogP contribution in [-0.2, 0) is 6.42 Å². The van der Waals surface area contributed by atoms with Crippen LogP contribution < -0.4 is 9.80 Å². The lowest BCUT2D eigenvalue weighted by atomic mass is 10.00. The van der Waals surface area contributed by atoms with Gasteiger partial charge >= 0.3 is 0 Å². The summed E-state index contributed by atoms with van der Waals surface area (Å²) in [6, 6.07) is 11.1. The zero-order valence-corrected chi connectivity index (χ0v) is 13.9. The Morgan fingerprint density at radius 1 is 1.04 bits per heavy atom. The average Bonchev–Trinajstić information content (AvgIpc) is 2.91. The van der Waals surface area contributed by atoms with Gasteiger partial charge in [0.25, 0.3) is 0 Å². The molecule has 3 heterocycles. The first-order valence-corrected chi connectivity index (χ1v) is 8.67. The molecule has 120 valence electrons. The number of piperidine rings is 1. The van der Waals surface area contributed by atoms with E-state index in [0.717, 1.165) is 37.2 Å². The molecule has 1 atom stereocenters. The maximum atomic E-state index is 4.89. The third-order valence-electron chi connectivity index (χ3n) is 5.15. The summed E-state index contributed by atoms with van der Waals surface area (Å²) in [6.45, 7) is 6.73. The first kappa shape index (κ1) is 14.5. The number of hydrogen-bond donors (Lipinski definition) is 0. The van der Waals surface area contributed by atoms with Crippen LogP contribution in [0.2, 0.25) is 0 Å². The van der Waals surface area contributed by atoms with Crippen LogP contribution in [0.1, 0.15) is 32.3 Å². The molecule has 4 rings (SSSR count). The van der Waals surface area contributed by atoms with E-state index in [1.807, 2.05) is 12.3 Å². The van der Waals surface area contributed by atoms with E-state index in [0.29, 0.717) is 6.04 Å². The fourth-order valence-corrected chi connectivity index (χ4v) is 3.75. The van der Waals surface area contributed by atoms with E-state index in [1.54, 1.807) is 0 Å². The highest BCUT2D eigenvalue weighted by Crippen LogP contribution is 2.37. The van der Waals surface area contributed by atoms with Crippen LogP contribution in [0.15, 0.2) is 36.5 Å². The largest absolute Gasteiger partial charge is 0.341 e. The fourth-order valence-electron chi connectivity index (χ4n) is 3.75. The predicted molar refractivity (Wildman–Crippen MR) is 94.4 cm³/mol. The monoisotopic (exact) mass is 308 g/mol. The summed E-state index contributed by atoms with van der Waals surface area (Å²) in [4.78, 5) is 14.1. The van der Waals surface area contributed by atoms with Gasteiger partial charge in [0, 0.05) is 31.0 Å². The topological polar surface area (TPSA) is 32.3 Å². The molecule has 1 saturated heterocycles. The van der Waals surface area contributed by atoms with E-state index < -0.39 is 0 Å². The highest BCUT2D eigenvalue weighted by Gasteiger charge is 2.28. The maximum absolute atomic E-state index is 4.89. The first-order chi connectivity index (χ1) is 11.2. The Balaban J connectivity index is 1.64. The third-order valence-corrected chi connectivity index (χ3v) is 5.15. The normalized spacial score (nSPS) is 21.6. The van der Waals surface area contributed by atoms with E-state index in [2.05, 4.69) is 52.9 Å². The van der Waals surface area contributed by atoms with Crippen molar-refractivity contribution in [3.8, 4) is 0 Å². The van der Waals surface area contributed by atoms with Gasteiger partial charge in [0.1, 0.15) is 5.82 Å². The Labute approximate surface area is 138 Å². The zero-order chi connectivity index (χ0) is 15.8. The second-order valence-corrected chi connectivity index (χ2v) is 6.94. The molecule has 1 fully saturated rings. The molecular weight excluding hydrogens is 284 g/mol. The summed E-state index contributed by atoms with van der Waals surface area (Å²) in [5.74, 6) is 2.72. The first-order valence-electron chi connectivity index (χ1n) is 8.67. The van der Waals surface area contributed by atoms with Crippen LogP contribution in [0.3, 0.4) is 0 Å². The van der Waals surface area contributed by atoms with Gasteiger partial charge in [-0.15, -0.1) is 0 Å². The number of anilines is 3. The van der Waals surface area contributed by atoms with Gasteiger partial charge < -0.3 is 9.80 Å². The molecule has 0 bridgehead atoms. The Morgan fingerprint density at radius 2 is 1.83 bits per heavy atom. The zero-order valence-electron chi connectivity index (χ0n) is 13.9. The van der Waals surface area contributed by atoms with Crippen molar-refractivity contribution in [3.63, 3.8) is 0 Å². The fraction of sp³-hybridized carbons (Fsp3) is 0.474. The Kier molecular flexibility index (Phi) is 3.68. The van der Waals surface area contributed by atoms with E-state index in [4.69, 9.17) is 4.98 Å². The third kappa shape index (κ3) is 2.67. The van der Waals surface area contributed by atoms with Crippen molar-refractivity contribution in [2.75, 3.05) is 22.9 Å². The molecule has 2 aromatic rings. The average molecular weight is 308 g/mol. The molecule has 1 aromatic heterocycles. The summed E-state index contributed by atoms with van der Waals surface area (Å²) in [5.41, 5.74) is 2.70. The molecule has 0 saturated carbocycles. The number of para-hydroxylation sites is 1. The standard InChI is InChI=1S/C19H24N4/c1-14-8-11-22(12-9-14)19-20-10-7-18(21-19)23-15(2)13-16-5-3-4-6-17(16)23/h3-7,10,14-15H,8-9,11-13H2,1-2H3. The second kappa shape index (κ2) is 5.84. The molecule has 0 amide bonds. The van der Waals surface area contributed by atoms with Crippen LogP contribution in [0, 0.1) is 5.92 Å². The quantitative estimate of drug-likeness (QED) is 0.845. The van der Waals surface area contributed by atoms with Gasteiger partial charge in [0.05, 0.1) is 0 Å². The predicted octanol–water partition coefficient (Wildman–Crippen LogP) is 3.80. The van der Waals surface area contributed by atoms with Gasteiger partial charge in [-0.25, -0.2) is 4.98 Å². The number of fused-ring (bicyclic) bond motifs is 1. The molecular formula is C19H24N4. The van der Waals surface area contributed by atoms with Crippen molar-refractivity contribution in [2.45, 2.75) is 39.2 Å². The minimum atomic E-state index is 0.441. The summed E-state index contributed by atoms with van der Waals surface area (Å²) >= 11 is 0. The van der Waals surface area contributed by atoms with Crippen LogP contribution in [0.25, 0.3) is 0 Å². The van der Waals surface area contributed by atoms with Gasteiger partial charge in [-0.3, -0.25) is 0 Å². The molecule has 0 spiro atoms. The van der Waals surface area contributed by atoms with Crippen molar-refractivity contribution >= 4 is 17.5 Å². The molecule has 2 aliphatic rings. The van der Waals surface area contributed by atoms with Gasteiger partial charge in [0.15, 0.2) is 0 Å². The summed E-state index contributed by atoms with van der Waals surface area (Å²) in [7, 11) is 0. The highest BCUT2D eigenvalue weighted by atomic mass is 15.3. The molecule has 4 nitrogen and oxygen atoms in total. The van der Waals surface area contributed by atoms with Crippen molar-refractivity contribution < 1.29 is 0 Å². The number of hydrogen-bond acceptors (Lipinski definition) is 4. The number of benzene rings is 1. The molecule has 1 aromatic carbocycles. The molecule has 0 aliphatic carbocycles. The summed E-state index contributed by atoms with van der Waals surface area (Å²) in [5, 5.41) is 0. The number of rotatable bonds is 2. The van der Waals surface area contributed by atoms with Gasteiger partial charge in [0.2, 0.25) is 5.95 Å². The Morgan fingerprint density at radius 3 is 2.65 bits per heavy atom. The van der Waals surface area contributed by atoms with Crippen molar-refractivity contribution in [1.29, 1.82) is 0 Å². The van der Waals surface area contributed by atoms with E-state index in [-0.39, 0.29) is 0 Å². The Bertz CT molecular complexity index is 691. The van der Waals surface area contributed by atoms with Crippen LogP contribution in [-0.4, -0.2) is 29.1 Å².